The average molecular weight is 495 g/mol. The molecule has 0 aliphatic heterocycles. The molecule has 1 saturated carbocycles. The molecule has 1 amide bonds. The van der Waals surface area contributed by atoms with Gasteiger partial charge in [0.15, 0.2) is 5.96 Å². The number of nitrogens with zero attached hydrogens (tertiary/aromatic N) is 3. The van der Waals surface area contributed by atoms with Crippen LogP contribution in [0.15, 0.2) is 33.7 Å². The number of carbonyl (C=O) groups excluding carboxylic acids is 1. The molecule has 0 heterocycles. The Morgan fingerprint density at radius 2 is 1.87 bits per heavy atom. The topological polar surface area (TPSA) is 47.9 Å². The van der Waals surface area contributed by atoms with Crippen molar-refractivity contribution in [2.45, 2.75) is 25.4 Å². The fourth-order valence-electron chi connectivity index (χ4n) is 1.91. The zero-order chi connectivity index (χ0) is 16.1. The first-order valence-corrected chi connectivity index (χ1v) is 8.21. The van der Waals surface area contributed by atoms with E-state index in [4.69, 9.17) is 0 Å². The van der Waals surface area contributed by atoms with Crippen molar-refractivity contribution in [2.24, 2.45) is 4.99 Å². The molecule has 0 atom stereocenters. The van der Waals surface area contributed by atoms with E-state index in [1.165, 1.54) is 18.4 Å². The molecule has 0 aromatic heterocycles. The van der Waals surface area contributed by atoms with Crippen LogP contribution in [-0.2, 0) is 11.3 Å². The van der Waals surface area contributed by atoms with E-state index in [1.54, 1.807) is 19.0 Å². The number of guanidine groups is 1. The molecule has 5 nitrogen and oxygen atoms in total. The molecule has 1 N–H and O–H groups in total. The average Bonchev–Trinajstić information content (AvgIpc) is 3.29. The van der Waals surface area contributed by atoms with E-state index >= 15 is 0 Å². The molecule has 128 valence electrons. The number of carbonyl (C=O) groups is 1. The minimum absolute atomic E-state index is 0. The number of amides is 1. The first-order valence-electron chi connectivity index (χ1n) is 7.42. The Labute approximate surface area is 163 Å². The second-order valence-corrected chi connectivity index (χ2v) is 6.74. The summed E-state index contributed by atoms with van der Waals surface area (Å²) in [7, 11) is 5.49. The largest absolute Gasteiger partial charge is 0.353 e. The molecule has 0 radical (unpaired) electrons. The van der Waals surface area contributed by atoms with Crippen molar-refractivity contribution >= 4 is 51.8 Å². The number of hydrogen-bond donors (Lipinski definition) is 1. The standard InChI is InChI=1S/C16H23BrN4O.HI/c1-20(2)15(22)10-18-16(19-14-8-9-14)21(3)11-12-4-6-13(17)7-5-12;/h4-7,14H,8-11H2,1-3H3,(H,18,19);1H. The van der Waals surface area contributed by atoms with E-state index in [1.807, 2.05) is 19.2 Å². The highest BCUT2D eigenvalue weighted by Crippen LogP contribution is 2.19. The van der Waals surface area contributed by atoms with Crippen molar-refractivity contribution in [2.75, 3.05) is 27.7 Å². The van der Waals surface area contributed by atoms with Crippen LogP contribution in [0.2, 0.25) is 0 Å². The fourth-order valence-corrected chi connectivity index (χ4v) is 2.17. The lowest BCUT2D eigenvalue weighted by Crippen LogP contribution is -2.40. The first kappa shape index (κ1) is 20.2. The molecular weight excluding hydrogens is 471 g/mol. The van der Waals surface area contributed by atoms with Crippen molar-refractivity contribution in [3.8, 4) is 0 Å². The quantitative estimate of drug-likeness (QED) is 0.389. The second-order valence-electron chi connectivity index (χ2n) is 5.83. The Hall–Kier alpha value is -0.830. The van der Waals surface area contributed by atoms with Gasteiger partial charge < -0.3 is 15.1 Å². The van der Waals surface area contributed by atoms with Gasteiger partial charge in [-0.1, -0.05) is 28.1 Å². The third-order valence-electron chi connectivity index (χ3n) is 3.47. The van der Waals surface area contributed by atoms with Gasteiger partial charge in [-0.05, 0) is 30.5 Å². The van der Waals surface area contributed by atoms with Gasteiger partial charge in [0.1, 0.15) is 6.54 Å². The maximum Gasteiger partial charge on any atom is 0.243 e. The monoisotopic (exact) mass is 494 g/mol. The van der Waals surface area contributed by atoms with Gasteiger partial charge in [-0.25, -0.2) is 4.99 Å². The van der Waals surface area contributed by atoms with Gasteiger partial charge in [0, 0.05) is 38.2 Å². The zero-order valence-electron chi connectivity index (χ0n) is 13.8. The van der Waals surface area contributed by atoms with Gasteiger partial charge in [-0.2, -0.15) is 0 Å². The molecule has 1 aliphatic carbocycles. The fraction of sp³-hybridized carbons (Fsp3) is 0.500. The van der Waals surface area contributed by atoms with Crippen LogP contribution in [0.25, 0.3) is 0 Å². The van der Waals surface area contributed by atoms with Crippen LogP contribution >= 0.6 is 39.9 Å². The maximum atomic E-state index is 11.7. The molecule has 1 aromatic carbocycles. The van der Waals surface area contributed by atoms with Gasteiger partial charge in [0.2, 0.25) is 5.91 Å². The summed E-state index contributed by atoms with van der Waals surface area (Å²) in [6, 6.07) is 8.73. The Morgan fingerprint density at radius 3 is 2.39 bits per heavy atom. The van der Waals surface area contributed by atoms with Gasteiger partial charge in [0.05, 0.1) is 0 Å². The van der Waals surface area contributed by atoms with E-state index in [0.29, 0.717) is 6.04 Å². The lowest BCUT2D eigenvalue weighted by atomic mass is 10.2. The summed E-state index contributed by atoms with van der Waals surface area (Å²) >= 11 is 3.44. The SMILES string of the molecule is CN(C)C(=O)CN=C(NC1CC1)N(C)Cc1ccc(Br)cc1.I. The Bertz CT molecular complexity index is 544. The van der Waals surface area contributed by atoms with Gasteiger partial charge in [-0.3, -0.25) is 4.79 Å². The van der Waals surface area contributed by atoms with Crippen LogP contribution in [0.1, 0.15) is 18.4 Å². The van der Waals surface area contributed by atoms with Gasteiger partial charge in [-0.15, -0.1) is 24.0 Å². The third kappa shape index (κ3) is 7.07. The lowest BCUT2D eigenvalue weighted by Gasteiger charge is -2.23. The minimum Gasteiger partial charge on any atom is -0.353 e. The first-order chi connectivity index (χ1) is 10.5. The molecule has 0 bridgehead atoms. The Balaban J connectivity index is 0.00000264. The van der Waals surface area contributed by atoms with E-state index in [0.717, 1.165) is 17.0 Å². The molecule has 0 unspecified atom stereocenters. The normalized spacial score (nSPS) is 14.0. The summed E-state index contributed by atoms with van der Waals surface area (Å²) in [6.45, 7) is 0.925. The van der Waals surface area contributed by atoms with Gasteiger partial charge in [0.25, 0.3) is 0 Å². The van der Waals surface area contributed by atoms with E-state index in [9.17, 15) is 4.79 Å². The zero-order valence-corrected chi connectivity index (χ0v) is 17.7. The highest BCUT2D eigenvalue weighted by Gasteiger charge is 2.24. The number of hydrogen-bond acceptors (Lipinski definition) is 2. The summed E-state index contributed by atoms with van der Waals surface area (Å²) in [4.78, 5) is 19.8. The van der Waals surface area contributed by atoms with Crippen molar-refractivity contribution in [3.63, 3.8) is 0 Å². The highest BCUT2D eigenvalue weighted by atomic mass is 127. The minimum atomic E-state index is 0. The summed E-state index contributed by atoms with van der Waals surface area (Å²) in [5, 5.41) is 3.41. The molecule has 0 saturated heterocycles. The summed E-state index contributed by atoms with van der Waals surface area (Å²) < 4.78 is 1.07. The number of rotatable bonds is 5. The van der Waals surface area contributed by atoms with Crippen LogP contribution in [-0.4, -0.2) is 55.4 Å². The molecule has 7 heteroatoms. The van der Waals surface area contributed by atoms with Crippen LogP contribution in [0, 0.1) is 0 Å². The van der Waals surface area contributed by atoms with E-state index in [-0.39, 0.29) is 36.4 Å². The summed E-state index contributed by atoms with van der Waals surface area (Å²) in [5.41, 5.74) is 1.20. The van der Waals surface area contributed by atoms with Crippen LogP contribution in [0.3, 0.4) is 0 Å². The van der Waals surface area contributed by atoms with Gasteiger partial charge >= 0.3 is 0 Å². The summed E-state index contributed by atoms with van der Waals surface area (Å²) in [6.07, 6.45) is 2.35. The molecule has 23 heavy (non-hydrogen) atoms. The van der Waals surface area contributed by atoms with E-state index in [2.05, 4.69) is 43.3 Å². The van der Waals surface area contributed by atoms with Crippen LogP contribution < -0.4 is 5.32 Å². The molecule has 1 aromatic rings. The summed E-state index contributed by atoms with van der Waals surface area (Å²) in [5.74, 6) is 0.799. The lowest BCUT2D eigenvalue weighted by molar-refractivity contribution is -0.127. The maximum absolute atomic E-state index is 11.7. The Morgan fingerprint density at radius 1 is 1.26 bits per heavy atom. The second kappa shape index (κ2) is 9.46. The smallest absolute Gasteiger partial charge is 0.243 e. The molecule has 1 aliphatic rings. The number of halogens is 2. The number of nitrogens with one attached hydrogen (secondary N) is 1. The molecule has 1 fully saturated rings. The van der Waals surface area contributed by atoms with Crippen molar-refractivity contribution in [1.82, 2.24) is 15.1 Å². The van der Waals surface area contributed by atoms with Crippen molar-refractivity contribution in [3.05, 3.63) is 34.3 Å². The van der Waals surface area contributed by atoms with Crippen molar-refractivity contribution in [1.29, 1.82) is 0 Å². The van der Waals surface area contributed by atoms with Crippen LogP contribution in [0.4, 0.5) is 0 Å². The number of aliphatic imine (C=N–C) groups is 1. The highest BCUT2D eigenvalue weighted by molar-refractivity contribution is 14.0. The third-order valence-corrected chi connectivity index (χ3v) is 4.00. The predicted octanol–water partition coefficient (Wildman–Crippen LogP) is 2.70. The number of likely N-dealkylation sites (N-methyl/N-ethyl adjacent to an activating group) is 1. The predicted molar refractivity (Wildman–Crippen MR) is 108 cm³/mol. The number of benzene rings is 1. The Kier molecular flexibility index (Phi) is 8.32. The van der Waals surface area contributed by atoms with E-state index < -0.39 is 0 Å². The van der Waals surface area contributed by atoms with Crippen molar-refractivity contribution < 1.29 is 4.79 Å². The van der Waals surface area contributed by atoms with Crippen LogP contribution in [0.5, 0.6) is 0 Å². The molecular formula is C16H24BrIN4O. The molecule has 2 rings (SSSR count). The molecule has 0 spiro atoms.